The van der Waals surface area contributed by atoms with Crippen LogP contribution in [-0.4, -0.2) is 48.7 Å². The number of hydrogen-bond donors (Lipinski definition) is 1. The molecule has 1 aliphatic rings. The molecule has 33 heavy (non-hydrogen) atoms. The summed E-state index contributed by atoms with van der Waals surface area (Å²) >= 11 is 0. The van der Waals surface area contributed by atoms with Crippen LogP contribution in [0.5, 0.6) is 0 Å². The number of anilines is 2. The van der Waals surface area contributed by atoms with Crippen LogP contribution in [0.2, 0.25) is 0 Å². The van der Waals surface area contributed by atoms with Crippen LogP contribution >= 0.6 is 0 Å². The third-order valence-corrected chi connectivity index (χ3v) is 5.21. The summed E-state index contributed by atoms with van der Waals surface area (Å²) in [4.78, 5) is 26.1. The van der Waals surface area contributed by atoms with Crippen LogP contribution in [0.3, 0.4) is 0 Å². The smallest absolute Gasteiger partial charge is 0.417 e. The SMILES string of the molecule is CC(C)C1COC(=O)N1c1ncnc(N[C@@H](C)c2cn(-c3ccc(C(F)(F)F)cc3)nn2)n1. The number of carbonyl (C=O) groups excluding carboxylic acids is 1. The summed E-state index contributed by atoms with van der Waals surface area (Å²) in [6.07, 6.45) is -2.04. The van der Waals surface area contributed by atoms with Crippen molar-refractivity contribution in [2.45, 2.75) is 39.0 Å². The van der Waals surface area contributed by atoms with E-state index in [-0.39, 0.29) is 30.5 Å². The van der Waals surface area contributed by atoms with Crippen LogP contribution in [0.15, 0.2) is 36.8 Å². The predicted molar refractivity (Wildman–Crippen MR) is 111 cm³/mol. The van der Waals surface area contributed by atoms with Crippen LogP contribution in [0, 0.1) is 5.92 Å². The van der Waals surface area contributed by atoms with E-state index in [0.717, 1.165) is 12.1 Å². The Balaban J connectivity index is 1.48. The molecule has 174 valence electrons. The molecule has 1 aliphatic heterocycles. The Morgan fingerprint density at radius 3 is 2.55 bits per heavy atom. The molecule has 0 bridgehead atoms. The summed E-state index contributed by atoms with van der Waals surface area (Å²) in [6.45, 7) is 6.00. The third-order valence-electron chi connectivity index (χ3n) is 5.21. The minimum Gasteiger partial charge on any atom is -0.447 e. The Hall–Kier alpha value is -3.77. The van der Waals surface area contributed by atoms with Gasteiger partial charge in [-0.05, 0) is 37.1 Å². The fourth-order valence-electron chi connectivity index (χ4n) is 3.30. The molecule has 2 atom stereocenters. The van der Waals surface area contributed by atoms with Crippen molar-refractivity contribution in [3.8, 4) is 5.69 Å². The molecule has 2 aromatic heterocycles. The zero-order valence-electron chi connectivity index (χ0n) is 18.0. The van der Waals surface area contributed by atoms with Crippen molar-refractivity contribution in [3.05, 3.63) is 48.0 Å². The van der Waals surface area contributed by atoms with E-state index in [9.17, 15) is 18.0 Å². The number of rotatable bonds is 6. The van der Waals surface area contributed by atoms with Crippen LogP contribution in [0.4, 0.5) is 29.9 Å². The fraction of sp³-hybridized carbons (Fsp3) is 0.400. The second kappa shape index (κ2) is 8.64. The lowest BCUT2D eigenvalue weighted by Crippen LogP contribution is -2.38. The molecule has 10 nitrogen and oxygen atoms in total. The number of aromatic nitrogens is 6. The van der Waals surface area contributed by atoms with Crippen LogP contribution in [0.1, 0.15) is 38.1 Å². The highest BCUT2D eigenvalue weighted by atomic mass is 19.4. The van der Waals surface area contributed by atoms with Gasteiger partial charge >= 0.3 is 12.3 Å². The highest BCUT2D eigenvalue weighted by molar-refractivity contribution is 5.88. The molecule has 1 fully saturated rings. The van der Waals surface area contributed by atoms with Crippen molar-refractivity contribution in [2.24, 2.45) is 5.92 Å². The molecule has 3 heterocycles. The van der Waals surface area contributed by atoms with Crippen molar-refractivity contribution in [2.75, 3.05) is 16.8 Å². The molecule has 4 rings (SSSR count). The van der Waals surface area contributed by atoms with Crippen LogP contribution in [0.25, 0.3) is 5.69 Å². The van der Waals surface area contributed by atoms with E-state index in [0.29, 0.717) is 11.4 Å². The topological polar surface area (TPSA) is 111 Å². The minimum absolute atomic E-state index is 0.142. The van der Waals surface area contributed by atoms with Crippen molar-refractivity contribution in [1.82, 2.24) is 29.9 Å². The first kappa shape index (κ1) is 22.4. The third kappa shape index (κ3) is 4.71. The van der Waals surface area contributed by atoms with Gasteiger partial charge in [0.15, 0.2) is 0 Å². The number of nitrogens with one attached hydrogen (secondary N) is 1. The molecule has 1 N–H and O–H groups in total. The van der Waals surface area contributed by atoms with E-state index in [4.69, 9.17) is 4.74 Å². The predicted octanol–water partition coefficient (Wildman–Crippen LogP) is 3.63. The molecule has 0 spiro atoms. The van der Waals surface area contributed by atoms with Crippen molar-refractivity contribution in [1.29, 1.82) is 0 Å². The van der Waals surface area contributed by atoms with E-state index in [1.807, 2.05) is 13.8 Å². The van der Waals surface area contributed by atoms with Gasteiger partial charge in [-0.3, -0.25) is 0 Å². The van der Waals surface area contributed by atoms with E-state index in [1.165, 1.54) is 28.0 Å². The lowest BCUT2D eigenvalue weighted by molar-refractivity contribution is -0.137. The molecule has 1 saturated heterocycles. The second-order valence-corrected chi connectivity index (χ2v) is 7.87. The van der Waals surface area contributed by atoms with Gasteiger partial charge in [0.25, 0.3) is 0 Å². The molecule has 13 heteroatoms. The number of carbonyl (C=O) groups is 1. The number of halogens is 3. The van der Waals surface area contributed by atoms with Gasteiger partial charge in [0, 0.05) is 0 Å². The zero-order valence-corrected chi connectivity index (χ0v) is 18.0. The van der Waals surface area contributed by atoms with Crippen molar-refractivity contribution in [3.63, 3.8) is 0 Å². The van der Waals surface area contributed by atoms with Gasteiger partial charge < -0.3 is 10.1 Å². The summed E-state index contributed by atoms with van der Waals surface area (Å²) in [5, 5.41) is 11.1. The van der Waals surface area contributed by atoms with E-state index in [2.05, 4.69) is 30.6 Å². The first-order chi connectivity index (χ1) is 15.6. The first-order valence-electron chi connectivity index (χ1n) is 10.1. The quantitative estimate of drug-likeness (QED) is 0.591. The van der Waals surface area contributed by atoms with Gasteiger partial charge in [-0.25, -0.2) is 24.3 Å². The molecule has 1 unspecified atom stereocenters. The Labute approximate surface area is 186 Å². The molecule has 3 aromatic rings. The van der Waals surface area contributed by atoms with E-state index < -0.39 is 23.9 Å². The lowest BCUT2D eigenvalue weighted by atomic mass is 10.1. The maximum Gasteiger partial charge on any atom is 0.417 e. The fourth-order valence-corrected chi connectivity index (χ4v) is 3.30. The second-order valence-electron chi connectivity index (χ2n) is 7.87. The lowest BCUT2D eigenvalue weighted by Gasteiger charge is -2.22. The van der Waals surface area contributed by atoms with Gasteiger partial charge in [0.05, 0.1) is 29.5 Å². The maximum absolute atomic E-state index is 12.8. The summed E-state index contributed by atoms with van der Waals surface area (Å²) in [5.74, 6) is 0.539. The molecular formula is C20H21F3N8O2. The van der Waals surface area contributed by atoms with Crippen LogP contribution < -0.4 is 10.2 Å². The summed E-state index contributed by atoms with van der Waals surface area (Å²) in [5.41, 5.74) is 0.204. The molecule has 0 saturated carbocycles. The summed E-state index contributed by atoms with van der Waals surface area (Å²) < 4.78 is 44.8. The summed E-state index contributed by atoms with van der Waals surface area (Å²) in [7, 11) is 0. The van der Waals surface area contributed by atoms with Gasteiger partial charge in [-0.2, -0.15) is 18.2 Å². The Bertz CT molecular complexity index is 1130. The van der Waals surface area contributed by atoms with Crippen molar-refractivity contribution < 1.29 is 22.7 Å². The van der Waals surface area contributed by atoms with Gasteiger partial charge in [0.1, 0.15) is 18.6 Å². The van der Waals surface area contributed by atoms with Crippen LogP contribution in [-0.2, 0) is 10.9 Å². The molecule has 0 aliphatic carbocycles. The van der Waals surface area contributed by atoms with Gasteiger partial charge in [-0.15, -0.1) is 5.10 Å². The first-order valence-corrected chi connectivity index (χ1v) is 10.1. The molecule has 1 aromatic carbocycles. The Kier molecular flexibility index (Phi) is 5.87. The number of nitrogens with zero attached hydrogens (tertiary/aromatic N) is 7. The molecule has 0 radical (unpaired) electrons. The highest BCUT2D eigenvalue weighted by Gasteiger charge is 2.38. The number of amides is 1. The highest BCUT2D eigenvalue weighted by Crippen LogP contribution is 2.30. The summed E-state index contributed by atoms with van der Waals surface area (Å²) in [6, 6.07) is 4.02. The Morgan fingerprint density at radius 1 is 1.15 bits per heavy atom. The average molecular weight is 462 g/mol. The average Bonchev–Trinajstić information content (AvgIpc) is 3.41. The number of cyclic esters (lactones) is 1. The number of benzene rings is 1. The standard InChI is InChI=1S/C20H21F3N8O2/c1-11(2)16-9-33-19(32)31(16)18-25-10-24-17(27-18)26-12(3)15-8-30(29-28-15)14-6-4-13(5-7-14)20(21,22)23/h4-8,10-12,16H,9H2,1-3H3,(H,24,25,26,27)/t12-,16?/m0/s1. The van der Waals surface area contributed by atoms with Crippen molar-refractivity contribution >= 4 is 18.0 Å². The van der Waals surface area contributed by atoms with Gasteiger partial charge in [0.2, 0.25) is 11.9 Å². The largest absolute Gasteiger partial charge is 0.447 e. The monoisotopic (exact) mass is 462 g/mol. The van der Waals surface area contributed by atoms with E-state index >= 15 is 0 Å². The van der Waals surface area contributed by atoms with E-state index in [1.54, 1.807) is 13.1 Å². The maximum atomic E-state index is 12.8. The zero-order chi connectivity index (χ0) is 23.8. The number of ether oxygens (including phenoxy) is 1. The molecular weight excluding hydrogens is 441 g/mol. The number of hydrogen-bond acceptors (Lipinski definition) is 8. The minimum atomic E-state index is -4.41. The Morgan fingerprint density at radius 2 is 1.88 bits per heavy atom. The number of alkyl halides is 3. The molecule has 1 amide bonds. The van der Waals surface area contributed by atoms with Gasteiger partial charge in [-0.1, -0.05) is 19.1 Å². The normalized spacial score (nSPS) is 17.4.